The molecule has 0 aliphatic heterocycles. The van der Waals surface area contributed by atoms with E-state index in [1.54, 1.807) is 36.2 Å². The van der Waals surface area contributed by atoms with Crippen LogP contribution in [0, 0.1) is 0 Å². The number of benzene rings is 1. The summed E-state index contributed by atoms with van der Waals surface area (Å²) in [6, 6.07) is 7.01. The molecular formula is C13H17NO3. The highest BCUT2D eigenvalue weighted by atomic mass is 16.4. The van der Waals surface area contributed by atoms with Crippen LogP contribution in [0.3, 0.4) is 0 Å². The standard InChI is InChI=1S/C13H17NO3/c1-3-4-12(15)14(2)11-7-5-10(6-8-11)9-13(16)17/h5-8H,3-4,9H2,1-2H3,(H,16,17). The first kappa shape index (κ1) is 13.2. The van der Waals surface area contributed by atoms with E-state index in [2.05, 4.69) is 0 Å². The summed E-state index contributed by atoms with van der Waals surface area (Å²) >= 11 is 0. The van der Waals surface area contributed by atoms with Gasteiger partial charge in [-0.2, -0.15) is 0 Å². The zero-order valence-corrected chi connectivity index (χ0v) is 10.1. The molecule has 1 N–H and O–H groups in total. The Hall–Kier alpha value is -1.84. The lowest BCUT2D eigenvalue weighted by molar-refractivity contribution is -0.136. The van der Waals surface area contributed by atoms with Gasteiger partial charge in [0.25, 0.3) is 0 Å². The van der Waals surface area contributed by atoms with Gasteiger partial charge in [-0.1, -0.05) is 19.1 Å². The van der Waals surface area contributed by atoms with Gasteiger partial charge in [0.15, 0.2) is 0 Å². The summed E-state index contributed by atoms with van der Waals surface area (Å²) in [5.41, 5.74) is 1.52. The summed E-state index contributed by atoms with van der Waals surface area (Å²) < 4.78 is 0. The number of carboxylic acids is 1. The Morgan fingerprint density at radius 2 is 1.82 bits per heavy atom. The Morgan fingerprint density at radius 1 is 1.24 bits per heavy atom. The zero-order chi connectivity index (χ0) is 12.8. The highest BCUT2D eigenvalue weighted by Gasteiger charge is 2.09. The van der Waals surface area contributed by atoms with Crippen LogP contribution in [0.4, 0.5) is 5.69 Å². The predicted octanol–water partition coefficient (Wildman–Crippen LogP) is 2.08. The maximum atomic E-state index is 11.6. The summed E-state index contributed by atoms with van der Waals surface area (Å²) in [5, 5.41) is 8.64. The molecule has 0 aromatic heterocycles. The van der Waals surface area contributed by atoms with Crippen LogP contribution in [0.1, 0.15) is 25.3 Å². The van der Waals surface area contributed by atoms with Gasteiger partial charge in [-0.25, -0.2) is 0 Å². The fourth-order valence-electron chi connectivity index (χ4n) is 1.54. The topological polar surface area (TPSA) is 57.6 Å². The molecule has 0 heterocycles. The molecule has 1 amide bonds. The fraction of sp³-hybridized carbons (Fsp3) is 0.385. The molecule has 0 atom stereocenters. The Bertz CT molecular complexity index is 398. The Labute approximate surface area is 101 Å². The van der Waals surface area contributed by atoms with Crippen molar-refractivity contribution in [2.75, 3.05) is 11.9 Å². The van der Waals surface area contributed by atoms with E-state index < -0.39 is 5.97 Å². The van der Waals surface area contributed by atoms with Crippen LogP contribution < -0.4 is 4.90 Å². The highest BCUT2D eigenvalue weighted by molar-refractivity contribution is 5.92. The third-order valence-corrected chi connectivity index (χ3v) is 2.52. The van der Waals surface area contributed by atoms with Crippen LogP contribution >= 0.6 is 0 Å². The van der Waals surface area contributed by atoms with Crippen molar-refractivity contribution in [3.8, 4) is 0 Å². The maximum absolute atomic E-state index is 11.6. The van der Waals surface area contributed by atoms with Gasteiger partial charge in [0.1, 0.15) is 0 Å². The fourth-order valence-corrected chi connectivity index (χ4v) is 1.54. The molecule has 4 nitrogen and oxygen atoms in total. The second kappa shape index (κ2) is 6.03. The Balaban J connectivity index is 2.73. The van der Waals surface area contributed by atoms with E-state index in [0.717, 1.165) is 17.7 Å². The van der Waals surface area contributed by atoms with Crippen LogP contribution in [0.25, 0.3) is 0 Å². The molecule has 0 aliphatic carbocycles. The van der Waals surface area contributed by atoms with Crippen molar-refractivity contribution in [3.63, 3.8) is 0 Å². The number of rotatable bonds is 5. The number of anilines is 1. The number of nitrogens with zero attached hydrogens (tertiary/aromatic N) is 1. The second-order valence-electron chi connectivity index (χ2n) is 3.94. The lowest BCUT2D eigenvalue weighted by atomic mass is 10.1. The molecule has 1 rings (SSSR count). The lowest BCUT2D eigenvalue weighted by Gasteiger charge is -2.17. The van der Waals surface area contributed by atoms with Crippen molar-refractivity contribution in [1.29, 1.82) is 0 Å². The summed E-state index contributed by atoms with van der Waals surface area (Å²) in [6.07, 6.45) is 1.35. The van der Waals surface area contributed by atoms with Gasteiger partial charge in [-0.05, 0) is 24.1 Å². The van der Waals surface area contributed by atoms with Gasteiger partial charge in [0.05, 0.1) is 6.42 Å². The number of carbonyl (C=O) groups excluding carboxylic acids is 1. The smallest absolute Gasteiger partial charge is 0.307 e. The highest BCUT2D eigenvalue weighted by Crippen LogP contribution is 2.15. The van der Waals surface area contributed by atoms with Crippen molar-refractivity contribution in [1.82, 2.24) is 0 Å². The largest absolute Gasteiger partial charge is 0.481 e. The van der Waals surface area contributed by atoms with E-state index in [-0.39, 0.29) is 12.3 Å². The average molecular weight is 235 g/mol. The first-order chi connectivity index (χ1) is 8.04. The summed E-state index contributed by atoms with van der Waals surface area (Å²) in [5.74, 6) is -0.786. The molecule has 92 valence electrons. The van der Waals surface area contributed by atoms with Crippen LogP contribution in [-0.2, 0) is 16.0 Å². The summed E-state index contributed by atoms with van der Waals surface area (Å²) in [4.78, 5) is 23.7. The Kier molecular flexibility index (Phi) is 4.69. The third kappa shape index (κ3) is 3.90. The lowest BCUT2D eigenvalue weighted by Crippen LogP contribution is -2.25. The normalized spacial score (nSPS) is 10.0. The van der Waals surface area contributed by atoms with Gasteiger partial charge in [-0.3, -0.25) is 9.59 Å². The van der Waals surface area contributed by atoms with E-state index >= 15 is 0 Å². The number of hydrogen-bond donors (Lipinski definition) is 1. The number of aliphatic carboxylic acids is 1. The maximum Gasteiger partial charge on any atom is 0.307 e. The minimum absolute atomic E-state index is 0.00685. The quantitative estimate of drug-likeness (QED) is 0.850. The van der Waals surface area contributed by atoms with Crippen molar-refractivity contribution in [2.45, 2.75) is 26.2 Å². The van der Waals surface area contributed by atoms with Crippen molar-refractivity contribution < 1.29 is 14.7 Å². The first-order valence-corrected chi connectivity index (χ1v) is 5.62. The number of carbonyl (C=O) groups is 2. The molecule has 1 aromatic rings. The Morgan fingerprint density at radius 3 is 2.29 bits per heavy atom. The molecule has 0 fully saturated rings. The van der Waals surface area contributed by atoms with Crippen molar-refractivity contribution in [2.24, 2.45) is 0 Å². The van der Waals surface area contributed by atoms with Gasteiger partial charge >= 0.3 is 5.97 Å². The molecular weight excluding hydrogens is 218 g/mol. The monoisotopic (exact) mass is 235 g/mol. The number of carboxylic acid groups (broad SMARTS) is 1. The zero-order valence-electron chi connectivity index (χ0n) is 10.1. The van der Waals surface area contributed by atoms with Crippen LogP contribution in [0.2, 0.25) is 0 Å². The molecule has 0 spiro atoms. The summed E-state index contributed by atoms with van der Waals surface area (Å²) in [6.45, 7) is 1.96. The third-order valence-electron chi connectivity index (χ3n) is 2.52. The molecule has 0 saturated carbocycles. The second-order valence-corrected chi connectivity index (χ2v) is 3.94. The van der Waals surface area contributed by atoms with Gasteiger partial charge in [-0.15, -0.1) is 0 Å². The molecule has 17 heavy (non-hydrogen) atoms. The molecule has 4 heteroatoms. The van der Waals surface area contributed by atoms with E-state index in [1.165, 1.54) is 0 Å². The first-order valence-electron chi connectivity index (χ1n) is 5.62. The van der Waals surface area contributed by atoms with Gasteiger partial charge < -0.3 is 10.0 Å². The van der Waals surface area contributed by atoms with Crippen LogP contribution in [-0.4, -0.2) is 24.0 Å². The minimum Gasteiger partial charge on any atom is -0.481 e. The molecule has 1 aromatic carbocycles. The summed E-state index contributed by atoms with van der Waals surface area (Å²) in [7, 11) is 1.73. The minimum atomic E-state index is -0.854. The molecule has 0 unspecified atom stereocenters. The number of hydrogen-bond acceptors (Lipinski definition) is 2. The van der Waals surface area contributed by atoms with E-state index in [0.29, 0.717) is 6.42 Å². The predicted molar refractivity (Wildman–Crippen MR) is 66.1 cm³/mol. The van der Waals surface area contributed by atoms with E-state index in [4.69, 9.17) is 5.11 Å². The van der Waals surface area contributed by atoms with Crippen LogP contribution in [0.15, 0.2) is 24.3 Å². The van der Waals surface area contributed by atoms with Gasteiger partial charge in [0, 0.05) is 19.2 Å². The molecule has 0 saturated heterocycles. The van der Waals surface area contributed by atoms with E-state index in [1.807, 2.05) is 6.92 Å². The number of amides is 1. The molecule has 0 aliphatic rings. The van der Waals surface area contributed by atoms with Gasteiger partial charge in [0.2, 0.25) is 5.91 Å². The SMILES string of the molecule is CCCC(=O)N(C)c1ccc(CC(=O)O)cc1. The molecule has 0 radical (unpaired) electrons. The van der Waals surface area contributed by atoms with Crippen LogP contribution in [0.5, 0.6) is 0 Å². The van der Waals surface area contributed by atoms with Crippen molar-refractivity contribution in [3.05, 3.63) is 29.8 Å². The van der Waals surface area contributed by atoms with Crippen molar-refractivity contribution >= 4 is 17.6 Å². The van der Waals surface area contributed by atoms with E-state index in [9.17, 15) is 9.59 Å². The molecule has 0 bridgehead atoms. The average Bonchev–Trinajstić information content (AvgIpc) is 2.28.